The van der Waals surface area contributed by atoms with Gasteiger partial charge in [0.15, 0.2) is 18.1 Å². The second-order valence-corrected chi connectivity index (χ2v) is 29.7. The van der Waals surface area contributed by atoms with E-state index in [1.54, 1.807) is 45.0 Å². The van der Waals surface area contributed by atoms with E-state index in [1.165, 1.54) is 60.0 Å². The van der Waals surface area contributed by atoms with Gasteiger partial charge in [0.2, 0.25) is 11.8 Å². The highest BCUT2D eigenvalue weighted by Crippen LogP contribution is 2.43. The Hall–Kier alpha value is -9.36. The molecule has 0 aliphatic carbocycles. The molecule has 12 bridgehead atoms. The van der Waals surface area contributed by atoms with Crippen molar-refractivity contribution in [3.05, 3.63) is 112 Å². The first-order chi connectivity index (χ1) is 49.7. The summed E-state index contributed by atoms with van der Waals surface area (Å²) >= 11 is 4.52. The molecular weight excluding hydrogens is 1460 g/mol. The number of carbonyl (C=O) groups is 8. The van der Waals surface area contributed by atoms with E-state index in [-0.39, 0.29) is 111 Å². The lowest BCUT2D eigenvalue weighted by Crippen LogP contribution is -2.62. The van der Waals surface area contributed by atoms with Crippen LogP contribution in [0.15, 0.2) is 56.9 Å². The first kappa shape index (κ1) is 73.0. The number of allylic oxidation sites excluding steroid dienone is 1. The number of ether oxygens (including phenoxy) is 7. The number of fused-ring (bicyclic) bond motifs is 15. The monoisotopic (exact) mass is 1520 g/mol. The van der Waals surface area contributed by atoms with Crippen LogP contribution in [0.4, 0.5) is 0 Å². The van der Waals surface area contributed by atoms with E-state index < -0.39 is 145 Å². The average Bonchev–Trinajstić information content (AvgIpc) is 1.51. The fraction of sp³-hybridized carbons (Fsp3) is 0.415. The van der Waals surface area contributed by atoms with Crippen LogP contribution in [0, 0.1) is 0 Å². The Labute approximate surface area is 610 Å². The number of amides is 6. The topological polar surface area (TPSA) is 457 Å². The highest BCUT2D eigenvalue weighted by Gasteiger charge is 2.50. The summed E-state index contributed by atoms with van der Waals surface area (Å²) in [5, 5.41) is 68.3. The number of morpholine rings is 1. The van der Waals surface area contributed by atoms with Gasteiger partial charge in [0.05, 0.1) is 56.3 Å². The number of aromatic nitrogens is 7. The van der Waals surface area contributed by atoms with Crippen LogP contribution < -0.4 is 32.3 Å². The molecule has 5 aliphatic heterocycles. The molecule has 104 heavy (non-hydrogen) atoms. The Bertz CT molecular complexity index is 4730. The van der Waals surface area contributed by atoms with Crippen molar-refractivity contribution in [2.45, 2.75) is 114 Å². The molecule has 0 radical (unpaired) electrons. The number of cyclic esters (lactones) is 2. The van der Waals surface area contributed by atoms with Gasteiger partial charge in [-0.05, 0) is 59.5 Å². The lowest BCUT2D eigenvalue weighted by Gasteiger charge is -2.48. The standard InChI is InChI=1S/C65H69N15O19S5/c1-26(81)43-57(88)76-44(27(2)93-7)60-71-38(25-102-60)56(87)77-47-49-50(99-41-16-65(4,91)51(78(5)6)28(3)98-41)64(90)96-18-29-9-8-10-39-42(29)31(19-95-49)48(80(39)92)63(89)97-20-33(68-54(85)36-24-104-62(47)73-36)59-69-34(21-101-59)45-30(58-70-37(22-100-58)55(86)75-43)15-40(82)46(74-45)61-72-35(23-103-61)53(84)67-32(52(66)83)17-79-11-13-94-14-12-79/h8-10,15,21-26,28,32-33,41,43,47,49-51,81-82,91-92H,11-14,16-20H2,1-7H3,(H2,66,83)(H,67,84)(H,68,85)(H,75,86)(H,76,88)(H,77,87)/b44-27+/t26-,28+,32?,33+,41+,43?,47+,49+,50+,51-,65+/m1/s1. The van der Waals surface area contributed by atoms with E-state index in [1.807, 2.05) is 4.90 Å². The summed E-state index contributed by atoms with van der Waals surface area (Å²) in [4.78, 5) is 148. The number of aromatic hydroxyl groups is 1. The largest absolute Gasteiger partial charge is 0.506 e. The van der Waals surface area contributed by atoms with Gasteiger partial charge in [-0.25, -0.2) is 39.5 Å². The van der Waals surface area contributed by atoms with Gasteiger partial charge in [-0.15, -0.1) is 56.7 Å². The van der Waals surface area contributed by atoms with Crippen LogP contribution in [0.2, 0.25) is 0 Å². The van der Waals surface area contributed by atoms with Crippen LogP contribution in [0.1, 0.15) is 125 Å². The number of primary amides is 1. The predicted molar refractivity (Wildman–Crippen MR) is 372 cm³/mol. The van der Waals surface area contributed by atoms with E-state index in [9.17, 15) is 39.7 Å². The van der Waals surface area contributed by atoms with Gasteiger partial charge in [0.1, 0.15) is 126 Å². The molecule has 0 saturated carbocycles. The first-order valence-electron chi connectivity index (χ1n) is 32.3. The SMILES string of the molecule is CO/C(C)=C1/NC(=O)C([C@@H](C)O)NC(=O)c2csc(n2)-c2cc(O)c(-c3nc(C(=O)NC(CN4CCOCC4)C(N)=O)cs3)nc2-c2csc(n2)[C@@H]2COC(=O)c3c4c5c(cccc5n3O)COC(=O)[C@@H](O[C@H]3C[C@](C)(O)[C@H](N(C)C)[C@H](C)O3)[C@@H](OC4)[C@H](NC(=O)c3csc1n3)c1nc(cs1)C(=O)N2. The molecule has 13 rings (SSSR count). The molecule has 39 heteroatoms. The number of pyridine rings is 1. The normalized spacial score (nSPS) is 24.8. The number of nitrogens with one attached hydrogen (secondary N) is 5. The molecule has 11 N–H and O–H groups in total. The molecule has 7 aromatic heterocycles. The van der Waals surface area contributed by atoms with Gasteiger partial charge >= 0.3 is 11.9 Å². The third-order valence-electron chi connectivity index (χ3n) is 17.9. The van der Waals surface area contributed by atoms with Crippen molar-refractivity contribution < 1.29 is 92.0 Å². The lowest BCUT2D eigenvalue weighted by atomic mass is 9.85. The van der Waals surface area contributed by atoms with Gasteiger partial charge in [-0.2, -0.15) is 4.73 Å². The smallest absolute Gasteiger partial charge is 0.358 e. The summed E-state index contributed by atoms with van der Waals surface area (Å²) in [6.07, 6.45) is -7.57. The summed E-state index contributed by atoms with van der Waals surface area (Å²) < 4.78 is 43.7. The van der Waals surface area contributed by atoms with Crippen LogP contribution in [0.3, 0.4) is 0 Å². The van der Waals surface area contributed by atoms with Gasteiger partial charge in [-0.1, -0.05) is 12.1 Å². The maximum absolute atomic E-state index is 15.2. The number of nitrogens with two attached hydrogens (primary N) is 1. The van der Waals surface area contributed by atoms with Crippen LogP contribution in [-0.4, -0.2) is 227 Å². The number of methoxy groups -OCH3 is 1. The molecule has 6 amide bonds. The number of rotatable bonds is 11. The number of hydrogen-bond donors (Lipinski definition) is 10. The minimum absolute atomic E-state index is 0.0115. The van der Waals surface area contributed by atoms with Gasteiger partial charge in [0.25, 0.3) is 23.6 Å². The molecular formula is C65H69N15O19S5. The zero-order valence-corrected chi connectivity index (χ0v) is 60.5. The van der Waals surface area contributed by atoms with Crippen molar-refractivity contribution in [1.29, 1.82) is 0 Å². The Morgan fingerprint density at radius 2 is 1.52 bits per heavy atom. The highest BCUT2D eigenvalue weighted by atomic mass is 32.1. The lowest BCUT2D eigenvalue weighted by molar-refractivity contribution is -0.280. The third-order valence-corrected chi connectivity index (χ3v) is 22.4. The minimum Gasteiger partial charge on any atom is -0.506 e. The van der Waals surface area contributed by atoms with Gasteiger partial charge in [-0.3, -0.25) is 33.7 Å². The summed E-state index contributed by atoms with van der Waals surface area (Å²) in [7, 11) is 4.84. The van der Waals surface area contributed by atoms with E-state index >= 15 is 19.2 Å². The van der Waals surface area contributed by atoms with Gasteiger partial charge in [0, 0.05) is 69.5 Å². The van der Waals surface area contributed by atoms with E-state index in [0.717, 1.165) is 56.7 Å². The summed E-state index contributed by atoms with van der Waals surface area (Å²) in [5.41, 5.74) is 3.00. The maximum atomic E-state index is 15.2. The zero-order chi connectivity index (χ0) is 73.7. The number of carbonyl (C=O) groups excluding carboxylic acids is 8. The van der Waals surface area contributed by atoms with Crippen molar-refractivity contribution in [2.24, 2.45) is 5.73 Å². The fourth-order valence-electron chi connectivity index (χ4n) is 13.0. The van der Waals surface area contributed by atoms with Crippen LogP contribution >= 0.6 is 56.7 Å². The van der Waals surface area contributed by atoms with E-state index in [4.69, 9.17) is 53.8 Å². The molecule has 1 aromatic carbocycles. The summed E-state index contributed by atoms with van der Waals surface area (Å²) in [6, 6.07) is -0.453. The number of likely N-dealkylation sites (N-methyl/N-ethyl adjacent to an activating group) is 1. The molecule has 2 unspecified atom stereocenters. The van der Waals surface area contributed by atoms with Crippen molar-refractivity contribution in [1.82, 2.24) is 71.0 Å². The Kier molecular flexibility index (Phi) is 21.1. The van der Waals surface area contributed by atoms with Crippen molar-refractivity contribution in [3.8, 4) is 38.4 Å². The molecule has 5 aliphatic rings. The third kappa shape index (κ3) is 14.8. The molecule has 2 fully saturated rings. The Morgan fingerprint density at radius 3 is 2.24 bits per heavy atom. The van der Waals surface area contributed by atoms with E-state index in [0.29, 0.717) is 36.6 Å². The number of thiazole rings is 5. The fourth-order valence-corrected chi connectivity index (χ4v) is 17.1. The summed E-state index contributed by atoms with van der Waals surface area (Å²) in [5.74, 6) is -7.93. The average molecular weight is 1520 g/mol. The van der Waals surface area contributed by atoms with Crippen LogP contribution in [0.5, 0.6) is 5.75 Å². The number of nitrogens with zero attached hydrogens (tertiary/aromatic N) is 9. The predicted octanol–water partition coefficient (Wildman–Crippen LogP) is 3.08. The van der Waals surface area contributed by atoms with Crippen molar-refractivity contribution in [3.63, 3.8) is 0 Å². The Balaban J connectivity index is 0.960. The van der Waals surface area contributed by atoms with Crippen molar-refractivity contribution in [2.75, 3.05) is 60.7 Å². The minimum atomic E-state index is -1.92. The number of aliphatic hydroxyl groups is 2. The number of benzene rings is 1. The molecule has 11 atom stereocenters. The van der Waals surface area contributed by atoms with Crippen molar-refractivity contribution >= 4 is 121 Å². The zero-order valence-electron chi connectivity index (χ0n) is 56.4. The van der Waals surface area contributed by atoms with E-state index in [2.05, 4.69) is 41.5 Å². The quantitative estimate of drug-likeness (QED) is 0.0505. The molecule has 34 nitrogen and oxygen atoms in total. The Morgan fingerprint density at radius 1 is 0.846 bits per heavy atom. The molecule has 12 heterocycles. The van der Waals surface area contributed by atoms with Crippen LogP contribution in [-0.2, 0) is 60.8 Å². The first-order valence-corrected chi connectivity index (χ1v) is 36.7. The molecule has 8 aromatic rings. The summed E-state index contributed by atoms with van der Waals surface area (Å²) in [6.45, 7) is 6.21. The number of esters is 2. The maximum Gasteiger partial charge on any atom is 0.358 e. The second kappa shape index (κ2) is 30.0. The highest BCUT2D eigenvalue weighted by molar-refractivity contribution is 7.14. The number of hydrogen-bond acceptors (Lipinski definition) is 32. The van der Waals surface area contributed by atoms with Crippen LogP contribution in [0.25, 0.3) is 49.3 Å². The second-order valence-electron chi connectivity index (χ2n) is 25.4. The molecule has 0 spiro atoms. The van der Waals surface area contributed by atoms with Gasteiger partial charge < -0.3 is 90.9 Å². The number of aliphatic hydroxyl groups excluding tert-OH is 1. The molecule has 548 valence electrons. The molecule has 2 saturated heterocycles.